The van der Waals surface area contributed by atoms with Gasteiger partial charge in [0.25, 0.3) is 5.91 Å². The number of carbonyl (C=O) groups is 1. The monoisotopic (exact) mass is 297 g/mol. The van der Waals surface area contributed by atoms with Crippen LogP contribution in [0, 0.1) is 0 Å². The zero-order valence-corrected chi connectivity index (χ0v) is 11.0. The summed E-state index contributed by atoms with van der Waals surface area (Å²) in [7, 11) is 0. The Labute approximate surface area is 119 Å². The molecule has 0 radical (unpaired) electrons. The van der Waals surface area contributed by atoms with Gasteiger partial charge in [-0.3, -0.25) is 4.79 Å². The summed E-state index contributed by atoms with van der Waals surface area (Å²) in [5.74, 6) is -1.33. The lowest BCUT2D eigenvalue weighted by Gasteiger charge is -2.10. The van der Waals surface area contributed by atoms with E-state index >= 15 is 0 Å². The van der Waals surface area contributed by atoms with Gasteiger partial charge in [0, 0.05) is 5.02 Å². The molecule has 0 aliphatic carbocycles. The Morgan fingerprint density at radius 1 is 1.05 bits per heavy atom. The molecule has 0 atom stereocenters. The molecule has 0 aliphatic rings. The van der Waals surface area contributed by atoms with Crippen molar-refractivity contribution in [3.05, 3.63) is 52.0 Å². The van der Waals surface area contributed by atoms with Gasteiger partial charge < -0.3 is 15.5 Å². The Morgan fingerprint density at radius 3 is 2.32 bits per heavy atom. The number of phenolic OH excluding ortho intramolecular Hbond substituents is 2. The molecule has 2 rings (SSSR count). The van der Waals surface area contributed by atoms with Crippen LogP contribution in [0.1, 0.15) is 10.4 Å². The topological polar surface area (TPSA) is 69.6 Å². The molecule has 1 amide bonds. The second-order valence-corrected chi connectivity index (χ2v) is 4.59. The minimum Gasteiger partial charge on any atom is -0.507 e. The van der Waals surface area contributed by atoms with Gasteiger partial charge in [-0.25, -0.2) is 0 Å². The van der Waals surface area contributed by atoms with Crippen LogP contribution in [0.4, 0.5) is 5.69 Å². The van der Waals surface area contributed by atoms with E-state index in [1.807, 2.05) is 0 Å². The van der Waals surface area contributed by atoms with Crippen LogP contribution in [0.5, 0.6) is 11.5 Å². The summed E-state index contributed by atoms with van der Waals surface area (Å²) in [6.45, 7) is 0. The van der Waals surface area contributed by atoms with Gasteiger partial charge >= 0.3 is 0 Å². The molecule has 2 aromatic rings. The van der Waals surface area contributed by atoms with Gasteiger partial charge in [0.1, 0.15) is 17.1 Å². The Balaban J connectivity index is 2.34. The standard InChI is InChI=1S/C13H9Cl2NO3/c14-7-4-5-8(15)9(6-7)16-13(19)12-10(17)2-1-3-11(12)18/h1-6,17-18H,(H,16,19). The number of hydrogen-bond acceptors (Lipinski definition) is 3. The number of phenols is 2. The molecule has 0 unspecified atom stereocenters. The Kier molecular flexibility index (Phi) is 3.83. The molecule has 0 saturated carbocycles. The number of hydrogen-bond donors (Lipinski definition) is 3. The van der Waals surface area contributed by atoms with Gasteiger partial charge in [0.2, 0.25) is 0 Å². The van der Waals surface area contributed by atoms with Gasteiger partial charge in [0.15, 0.2) is 0 Å². The number of aromatic hydroxyl groups is 2. The van der Waals surface area contributed by atoms with Crippen molar-refractivity contribution in [1.29, 1.82) is 0 Å². The molecule has 4 nitrogen and oxygen atoms in total. The number of rotatable bonds is 2. The molecular weight excluding hydrogens is 289 g/mol. The van der Waals surface area contributed by atoms with Crippen molar-refractivity contribution in [2.24, 2.45) is 0 Å². The number of anilines is 1. The molecule has 0 saturated heterocycles. The van der Waals surface area contributed by atoms with Crippen molar-refractivity contribution in [3.8, 4) is 11.5 Å². The number of amides is 1. The van der Waals surface area contributed by atoms with Gasteiger partial charge in [-0.2, -0.15) is 0 Å². The van der Waals surface area contributed by atoms with E-state index in [2.05, 4.69) is 5.32 Å². The maximum Gasteiger partial charge on any atom is 0.263 e. The van der Waals surface area contributed by atoms with Crippen molar-refractivity contribution < 1.29 is 15.0 Å². The van der Waals surface area contributed by atoms with Crippen molar-refractivity contribution in [1.82, 2.24) is 0 Å². The van der Waals surface area contributed by atoms with Crippen LogP contribution in [0.3, 0.4) is 0 Å². The van der Waals surface area contributed by atoms with Crippen LogP contribution in [-0.2, 0) is 0 Å². The zero-order valence-electron chi connectivity index (χ0n) is 9.52. The summed E-state index contributed by atoms with van der Waals surface area (Å²) in [6.07, 6.45) is 0. The normalized spacial score (nSPS) is 10.2. The number of halogens is 2. The highest BCUT2D eigenvalue weighted by Crippen LogP contribution is 2.30. The van der Waals surface area contributed by atoms with E-state index in [1.54, 1.807) is 6.07 Å². The largest absolute Gasteiger partial charge is 0.507 e. The first kappa shape index (κ1) is 13.5. The maximum atomic E-state index is 12.0. The molecule has 98 valence electrons. The summed E-state index contributed by atoms with van der Waals surface area (Å²) in [6, 6.07) is 8.61. The highest BCUT2D eigenvalue weighted by molar-refractivity contribution is 6.36. The lowest BCUT2D eigenvalue weighted by molar-refractivity contribution is 0.102. The smallest absolute Gasteiger partial charge is 0.263 e. The van der Waals surface area contributed by atoms with Crippen LogP contribution in [0.25, 0.3) is 0 Å². The summed E-state index contributed by atoms with van der Waals surface area (Å²) in [4.78, 5) is 12.0. The quantitative estimate of drug-likeness (QED) is 0.792. The minimum absolute atomic E-state index is 0.224. The molecule has 0 spiro atoms. The lowest BCUT2D eigenvalue weighted by Crippen LogP contribution is -2.12. The molecule has 0 heterocycles. The van der Waals surface area contributed by atoms with Gasteiger partial charge in [0.05, 0.1) is 10.7 Å². The summed E-state index contributed by atoms with van der Waals surface area (Å²) in [5.41, 5.74) is 0.0698. The van der Waals surface area contributed by atoms with Crippen molar-refractivity contribution in [2.45, 2.75) is 0 Å². The van der Waals surface area contributed by atoms with Gasteiger partial charge in [-0.15, -0.1) is 0 Å². The molecule has 0 aliphatic heterocycles. The number of carbonyl (C=O) groups excluding carboxylic acids is 1. The Hall–Kier alpha value is -1.91. The Bertz CT molecular complexity index is 624. The maximum absolute atomic E-state index is 12.0. The molecule has 0 fully saturated rings. The molecule has 3 N–H and O–H groups in total. The van der Waals surface area contributed by atoms with Gasteiger partial charge in [-0.1, -0.05) is 29.3 Å². The lowest BCUT2D eigenvalue weighted by atomic mass is 10.1. The number of benzene rings is 2. The predicted molar refractivity (Wildman–Crippen MR) is 74.2 cm³/mol. The van der Waals surface area contributed by atoms with E-state index in [1.165, 1.54) is 30.3 Å². The van der Waals surface area contributed by atoms with E-state index in [-0.39, 0.29) is 17.1 Å². The fraction of sp³-hybridized carbons (Fsp3) is 0. The molecular formula is C13H9Cl2NO3. The molecule has 19 heavy (non-hydrogen) atoms. The fourth-order valence-electron chi connectivity index (χ4n) is 1.54. The van der Waals surface area contributed by atoms with Crippen molar-refractivity contribution in [2.75, 3.05) is 5.32 Å². The van der Waals surface area contributed by atoms with Crippen LogP contribution in [-0.4, -0.2) is 16.1 Å². The second kappa shape index (κ2) is 5.38. The Morgan fingerprint density at radius 2 is 1.68 bits per heavy atom. The average molecular weight is 298 g/mol. The first-order chi connectivity index (χ1) is 8.99. The first-order valence-corrected chi connectivity index (χ1v) is 6.02. The second-order valence-electron chi connectivity index (χ2n) is 3.75. The first-order valence-electron chi connectivity index (χ1n) is 5.26. The molecule has 0 bridgehead atoms. The third-order valence-electron chi connectivity index (χ3n) is 2.42. The highest BCUT2D eigenvalue weighted by atomic mass is 35.5. The van der Waals surface area contributed by atoms with Crippen molar-refractivity contribution in [3.63, 3.8) is 0 Å². The predicted octanol–water partition coefficient (Wildman–Crippen LogP) is 3.66. The van der Waals surface area contributed by atoms with Crippen LogP contribution in [0.15, 0.2) is 36.4 Å². The summed E-state index contributed by atoms with van der Waals surface area (Å²) < 4.78 is 0. The minimum atomic E-state index is -0.681. The van der Waals surface area contributed by atoms with E-state index in [9.17, 15) is 15.0 Å². The fourth-order valence-corrected chi connectivity index (χ4v) is 1.88. The highest BCUT2D eigenvalue weighted by Gasteiger charge is 2.17. The third-order valence-corrected chi connectivity index (χ3v) is 2.99. The van der Waals surface area contributed by atoms with Crippen LogP contribution in [0.2, 0.25) is 10.0 Å². The molecule has 0 aromatic heterocycles. The van der Waals surface area contributed by atoms with E-state index < -0.39 is 5.91 Å². The summed E-state index contributed by atoms with van der Waals surface area (Å²) >= 11 is 11.7. The zero-order chi connectivity index (χ0) is 14.0. The van der Waals surface area contributed by atoms with Gasteiger partial charge in [-0.05, 0) is 30.3 Å². The SMILES string of the molecule is O=C(Nc1cc(Cl)ccc1Cl)c1c(O)cccc1O. The molecule has 2 aromatic carbocycles. The van der Waals surface area contributed by atoms with E-state index in [0.29, 0.717) is 15.7 Å². The molecule has 6 heteroatoms. The van der Waals surface area contributed by atoms with Crippen LogP contribution >= 0.6 is 23.2 Å². The van der Waals surface area contributed by atoms with Crippen LogP contribution < -0.4 is 5.32 Å². The summed E-state index contributed by atoms with van der Waals surface area (Å²) in [5, 5.41) is 22.3. The number of nitrogens with one attached hydrogen (secondary N) is 1. The van der Waals surface area contributed by atoms with E-state index in [0.717, 1.165) is 0 Å². The van der Waals surface area contributed by atoms with E-state index in [4.69, 9.17) is 23.2 Å². The third kappa shape index (κ3) is 2.92. The van der Waals surface area contributed by atoms with Crippen molar-refractivity contribution >= 4 is 34.8 Å². The average Bonchev–Trinajstić information content (AvgIpc) is 2.33.